The average molecular weight is 201 g/mol. The molecule has 0 saturated carbocycles. The quantitative estimate of drug-likeness (QED) is 0.649. The summed E-state index contributed by atoms with van der Waals surface area (Å²) in [6, 6.07) is 4.18. The molecule has 0 bridgehead atoms. The molecule has 74 valence electrons. The second-order valence-electron chi connectivity index (χ2n) is 3.31. The number of aryl methyl sites for hydroxylation is 1. The smallest absolute Gasteiger partial charge is 0.248 e. The van der Waals surface area contributed by atoms with Crippen molar-refractivity contribution < 1.29 is 4.39 Å². The Hall–Kier alpha value is -2.08. The number of hydrogen-bond acceptors (Lipinski definition) is 1. The number of aromatic amines is 1. The van der Waals surface area contributed by atoms with E-state index >= 15 is 0 Å². The minimum absolute atomic E-state index is 0.196. The topological polar surface area (TPSA) is 32.9 Å². The first-order valence-corrected chi connectivity index (χ1v) is 4.42. The van der Waals surface area contributed by atoms with Gasteiger partial charge in [-0.1, -0.05) is 5.92 Å². The van der Waals surface area contributed by atoms with Crippen LogP contribution in [0, 0.1) is 25.1 Å². The van der Waals surface area contributed by atoms with Crippen molar-refractivity contribution in [1.29, 1.82) is 0 Å². The highest BCUT2D eigenvalue weighted by molar-refractivity contribution is 5.88. The van der Waals surface area contributed by atoms with E-state index in [4.69, 9.17) is 6.42 Å². The number of H-pyrrole nitrogens is 1. The lowest BCUT2D eigenvalue weighted by Crippen LogP contribution is -2.06. The number of aromatic nitrogens is 1. The van der Waals surface area contributed by atoms with Gasteiger partial charge in [0.05, 0.1) is 5.56 Å². The summed E-state index contributed by atoms with van der Waals surface area (Å²) in [6.45, 7) is 1.73. The van der Waals surface area contributed by atoms with E-state index in [1.807, 2.05) is 0 Å². The molecule has 0 amide bonds. The molecular weight excluding hydrogens is 193 g/mol. The molecule has 0 fully saturated rings. The van der Waals surface area contributed by atoms with Gasteiger partial charge in [0.15, 0.2) is 0 Å². The van der Waals surface area contributed by atoms with Gasteiger partial charge in [0.1, 0.15) is 5.82 Å². The van der Waals surface area contributed by atoms with Crippen LogP contribution in [0.2, 0.25) is 0 Å². The fourth-order valence-electron chi connectivity index (χ4n) is 1.67. The van der Waals surface area contributed by atoms with Crippen molar-refractivity contribution in [2.45, 2.75) is 6.92 Å². The summed E-state index contributed by atoms with van der Waals surface area (Å²) in [5.74, 6) is 1.86. The van der Waals surface area contributed by atoms with E-state index in [0.29, 0.717) is 16.5 Å². The van der Waals surface area contributed by atoms with Crippen LogP contribution in [0.5, 0.6) is 0 Å². The molecule has 0 atom stereocenters. The Balaban J connectivity index is 3.06. The number of pyridine rings is 1. The first-order chi connectivity index (χ1) is 7.13. The van der Waals surface area contributed by atoms with Gasteiger partial charge in [0.25, 0.3) is 0 Å². The van der Waals surface area contributed by atoms with Gasteiger partial charge in [-0.2, -0.15) is 0 Å². The molecule has 15 heavy (non-hydrogen) atoms. The van der Waals surface area contributed by atoms with Gasteiger partial charge >= 0.3 is 0 Å². The molecule has 0 aliphatic carbocycles. The minimum atomic E-state index is -0.444. The monoisotopic (exact) mass is 201 g/mol. The highest BCUT2D eigenvalue weighted by Gasteiger charge is 2.08. The normalized spacial score (nSPS) is 10.2. The number of nitrogens with one attached hydrogen (secondary N) is 1. The van der Waals surface area contributed by atoms with Crippen molar-refractivity contribution in [3.05, 3.63) is 45.5 Å². The third-order valence-corrected chi connectivity index (χ3v) is 2.30. The fraction of sp³-hybridized carbons (Fsp3) is 0.0833. The van der Waals surface area contributed by atoms with E-state index in [0.717, 1.165) is 0 Å². The molecule has 1 N–H and O–H groups in total. The summed E-state index contributed by atoms with van der Waals surface area (Å²) in [4.78, 5) is 13.8. The number of hydrogen-bond donors (Lipinski definition) is 1. The van der Waals surface area contributed by atoms with Crippen molar-refractivity contribution in [1.82, 2.24) is 4.98 Å². The largest absolute Gasteiger partial charge is 0.322 e. The van der Waals surface area contributed by atoms with E-state index in [1.54, 1.807) is 6.92 Å². The number of terminal acetylenes is 1. The highest BCUT2D eigenvalue weighted by Crippen LogP contribution is 2.21. The summed E-state index contributed by atoms with van der Waals surface area (Å²) in [6.07, 6.45) is 5.24. The van der Waals surface area contributed by atoms with Crippen LogP contribution >= 0.6 is 0 Å². The number of benzene rings is 1. The third kappa shape index (κ3) is 1.40. The zero-order chi connectivity index (χ0) is 11.0. The second kappa shape index (κ2) is 3.25. The molecule has 1 aromatic carbocycles. The first-order valence-electron chi connectivity index (χ1n) is 4.42. The van der Waals surface area contributed by atoms with Crippen molar-refractivity contribution in [2.75, 3.05) is 0 Å². The molecule has 0 radical (unpaired) electrons. The Morgan fingerprint density at radius 3 is 2.87 bits per heavy atom. The molecule has 3 heteroatoms. The fourth-order valence-corrected chi connectivity index (χ4v) is 1.67. The number of rotatable bonds is 0. The molecule has 0 aliphatic rings. The first kappa shape index (κ1) is 9.47. The van der Waals surface area contributed by atoms with Crippen LogP contribution in [0.4, 0.5) is 4.39 Å². The zero-order valence-corrected chi connectivity index (χ0v) is 8.10. The molecule has 2 aromatic rings. The predicted octanol–water partition coefficient (Wildman–Crippen LogP) is 1.96. The Morgan fingerprint density at radius 1 is 1.47 bits per heavy atom. The van der Waals surface area contributed by atoms with E-state index in [-0.39, 0.29) is 11.1 Å². The van der Waals surface area contributed by atoms with E-state index in [9.17, 15) is 9.18 Å². The average Bonchev–Trinajstić information content (AvgIpc) is 2.18. The molecular formula is C12H8FNO. The van der Waals surface area contributed by atoms with Crippen molar-refractivity contribution in [3.8, 4) is 12.3 Å². The van der Waals surface area contributed by atoms with E-state index < -0.39 is 5.82 Å². The molecule has 0 spiro atoms. The molecule has 1 heterocycles. The van der Waals surface area contributed by atoms with E-state index in [2.05, 4.69) is 10.9 Å². The maximum absolute atomic E-state index is 13.4. The highest BCUT2D eigenvalue weighted by atomic mass is 19.1. The Morgan fingerprint density at radius 2 is 2.20 bits per heavy atom. The minimum Gasteiger partial charge on any atom is -0.322 e. The molecule has 2 rings (SSSR count). The van der Waals surface area contributed by atoms with Crippen molar-refractivity contribution >= 4 is 10.9 Å². The van der Waals surface area contributed by atoms with Gasteiger partial charge in [-0.25, -0.2) is 4.39 Å². The van der Waals surface area contributed by atoms with Gasteiger partial charge in [-0.3, -0.25) is 4.79 Å². The summed E-state index contributed by atoms with van der Waals surface area (Å²) >= 11 is 0. The second-order valence-corrected chi connectivity index (χ2v) is 3.31. The van der Waals surface area contributed by atoms with Gasteiger partial charge in [-0.05, 0) is 24.6 Å². The Kier molecular flexibility index (Phi) is 2.05. The molecule has 2 nitrogen and oxygen atoms in total. The number of halogens is 1. The predicted molar refractivity (Wildman–Crippen MR) is 57.2 cm³/mol. The van der Waals surface area contributed by atoms with Crippen LogP contribution in [-0.4, -0.2) is 4.98 Å². The van der Waals surface area contributed by atoms with Crippen LogP contribution in [0.25, 0.3) is 10.9 Å². The van der Waals surface area contributed by atoms with Gasteiger partial charge in [-0.15, -0.1) is 6.42 Å². The van der Waals surface area contributed by atoms with Crippen LogP contribution in [0.15, 0.2) is 23.0 Å². The lowest BCUT2D eigenvalue weighted by molar-refractivity contribution is 0.626. The lowest BCUT2D eigenvalue weighted by atomic mass is 10.0. The summed E-state index contributed by atoms with van der Waals surface area (Å²) in [5, 5.41) is 0.595. The maximum Gasteiger partial charge on any atom is 0.248 e. The summed E-state index contributed by atoms with van der Waals surface area (Å²) in [7, 11) is 0. The Bertz CT molecular complexity index is 634. The van der Waals surface area contributed by atoms with Crippen LogP contribution < -0.4 is 5.56 Å². The molecule has 0 aliphatic heterocycles. The van der Waals surface area contributed by atoms with Crippen LogP contribution in [-0.2, 0) is 0 Å². The Labute approximate surface area is 85.8 Å². The molecule has 0 unspecified atom stereocenters. The van der Waals surface area contributed by atoms with Crippen LogP contribution in [0.3, 0.4) is 0 Å². The molecule has 1 aromatic heterocycles. The van der Waals surface area contributed by atoms with Gasteiger partial charge in [0.2, 0.25) is 5.56 Å². The van der Waals surface area contributed by atoms with Gasteiger partial charge in [0, 0.05) is 17.0 Å². The maximum atomic E-state index is 13.4. The van der Waals surface area contributed by atoms with Crippen molar-refractivity contribution in [2.24, 2.45) is 0 Å². The lowest BCUT2D eigenvalue weighted by Gasteiger charge is -2.04. The number of fused-ring (bicyclic) bond motifs is 1. The van der Waals surface area contributed by atoms with E-state index in [1.165, 1.54) is 18.2 Å². The summed E-state index contributed by atoms with van der Waals surface area (Å²) in [5.41, 5.74) is 1.23. The SMILES string of the molecule is C#Cc1c(F)ccc2[nH]c(=O)cc(C)c12. The van der Waals surface area contributed by atoms with Gasteiger partial charge < -0.3 is 4.98 Å². The van der Waals surface area contributed by atoms with Crippen molar-refractivity contribution in [3.63, 3.8) is 0 Å². The zero-order valence-electron chi connectivity index (χ0n) is 8.10. The van der Waals surface area contributed by atoms with Crippen LogP contribution in [0.1, 0.15) is 11.1 Å². The standard InChI is InChI=1S/C12H8FNO/c1-3-8-9(13)4-5-10-12(8)7(2)6-11(15)14-10/h1,4-6H,2H3,(H,14,15). The summed E-state index contributed by atoms with van der Waals surface area (Å²) < 4.78 is 13.4. The molecule has 0 saturated heterocycles. The third-order valence-electron chi connectivity index (χ3n) is 2.30.